The molecular weight excluding hydrogens is 457 g/mol. The van der Waals surface area contributed by atoms with Gasteiger partial charge in [0, 0.05) is 13.1 Å². The standard InChI is InChI=1S/C22H23ClFN3O4S/c1-13-9-14(2)11-15(10-13)32(29,30)21-19-17(4-3-16(23)20(19)24)25-22(21)26-18(28)12-27-5-7-31-8-6-27/h3-4,9-11,25H,5-8,12H2,1-2H3,(H,26,28). The molecule has 3 aromatic rings. The predicted octanol–water partition coefficient (Wildman–Crippen LogP) is 3.68. The number of nitrogens with one attached hydrogen (secondary N) is 2. The lowest BCUT2D eigenvalue weighted by Gasteiger charge is -2.25. The number of rotatable bonds is 5. The van der Waals surface area contributed by atoms with Crippen molar-refractivity contribution in [3.05, 3.63) is 52.3 Å². The molecule has 1 amide bonds. The quantitative estimate of drug-likeness (QED) is 0.582. The van der Waals surface area contributed by atoms with Gasteiger partial charge in [-0.1, -0.05) is 17.7 Å². The summed E-state index contributed by atoms with van der Waals surface area (Å²) >= 11 is 5.96. The van der Waals surface area contributed by atoms with Crippen molar-refractivity contribution >= 4 is 44.1 Å². The van der Waals surface area contributed by atoms with Crippen LogP contribution in [0.15, 0.2) is 40.1 Å². The van der Waals surface area contributed by atoms with E-state index in [-0.39, 0.29) is 38.1 Å². The van der Waals surface area contributed by atoms with Crippen LogP contribution in [0.1, 0.15) is 11.1 Å². The molecule has 1 aliphatic rings. The lowest BCUT2D eigenvalue weighted by molar-refractivity contribution is -0.118. The van der Waals surface area contributed by atoms with Gasteiger partial charge in [-0.3, -0.25) is 9.69 Å². The average Bonchev–Trinajstić information content (AvgIpc) is 3.10. The maximum absolute atomic E-state index is 15.0. The fourth-order valence-corrected chi connectivity index (χ4v) is 5.81. The Labute approximate surface area is 190 Å². The van der Waals surface area contributed by atoms with Crippen molar-refractivity contribution in [2.24, 2.45) is 0 Å². The van der Waals surface area contributed by atoms with E-state index in [0.717, 1.165) is 11.1 Å². The monoisotopic (exact) mass is 479 g/mol. The third kappa shape index (κ3) is 4.38. The van der Waals surface area contributed by atoms with Crippen LogP contribution in [-0.2, 0) is 19.4 Å². The van der Waals surface area contributed by atoms with Crippen LogP contribution in [0.5, 0.6) is 0 Å². The number of ether oxygens (including phenoxy) is 1. The third-order valence-corrected chi connectivity index (χ3v) is 7.41. The van der Waals surface area contributed by atoms with E-state index in [4.69, 9.17) is 16.3 Å². The Morgan fingerprint density at radius 1 is 1.19 bits per heavy atom. The van der Waals surface area contributed by atoms with E-state index in [1.54, 1.807) is 13.8 Å². The van der Waals surface area contributed by atoms with Crippen LogP contribution >= 0.6 is 11.6 Å². The molecule has 0 unspecified atom stereocenters. The van der Waals surface area contributed by atoms with Crippen LogP contribution in [0, 0.1) is 19.7 Å². The number of hydrogen-bond donors (Lipinski definition) is 2. The van der Waals surface area contributed by atoms with Crippen molar-refractivity contribution in [3.8, 4) is 0 Å². The number of hydrogen-bond acceptors (Lipinski definition) is 5. The first-order valence-corrected chi connectivity index (χ1v) is 12.0. The van der Waals surface area contributed by atoms with Crippen molar-refractivity contribution in [3.63, 3.8) is 0 Å². The van der Waals surface area contributed by atoms with Gasteiger partial charge in [-0.25, -0.2) is 12.8 Å². The molecule has 1 saturated heterocycles. The number of halogens is 2. The van der Waals surface area contributed by atoms with Gasteiger partial charge >= 0.3 is 0 Å². The number of benzene rings is 2. The Kier molecular flexibility index (Phi) is 6.26. The zero-order chi connectivity index (χ0) is 23.0. The molecule has 2 N–H and O–H groups in total. The lowest BCUT2D eigenvalue weighted by atomic mass is 10.2. The minimum absolute atomic E-state index is 0.0129. The molecule has 0 atom stereocenters. The second kappa shape index (κ2) is 8.82. The van der Waals surface area contributed by atoms with E-state index in [1.165, 1.54) is 24.3 Å². The maximum atomic E-state index is 15.0. The molecule has 0 spiro atoms. The summed E-state index contributed by atoms with van der Waals surface area (Å²) < 4.78 is 47.6. The summed E-state index contributed by atoms with van der Waals surface area (Å²) in [5.74, 6) is -1.36. The predicted molar refractivity (Wildman–Crippen MR) is 121 cm³/mol. The lowest BCUT2D eigenvalue weighted by Crippen LogP contribution is -2.41. The number of H-pyrrole nitrogens is 1. The smallest absolute Gasteiger partial charge is 0.239 e. The summed E-state index contributed by atoms with van der Waals surface area (Å²) in [7, 11) is -4.19. The van der Waals surface area contributed by atoms with Crippen LogP contribution in [0.4, 0.5) is 10.2 Å². The number of carbonyl (C=O) groups excluding carboxylic acids is 1. The maximum Gasteiger partial charge on any atom is 0.239 e. The molecular formula is C22H23ClFN3O4S. The first-order chi connectivity index (χ1) is 15.2. The van der Waals surface area contributed by atoms with Crippen LogP contribution in [0.2, 0.25) is 5.02 Å². The summed E-state index contributed by atoms with van der Waals surface area (Å²) in [4.78, 5) is 17.1. The Balaban J connectivity index is 1.82. The van der Waals surface area contributed by atoms with Gasteiger partial charge in [-0.05, 0) is 49.2 Å². The second-order valence-corrected chi connectivity index (χ2v) is 10.2. The van der Waals surface area contributed by atoms with Gasteiger partial charge in [-0.2, -0.15) is 0 Å². The zero-order valence-corrected chi connectivity index (χ0v) is 19.2. The Bertz CT molecular complexity index is 1280. The largest absolute Gasteiger partial charge is 0.379 e. The van der Waals surface area contributed by atoms with E-state index >= 15 is 4.39 Å². The Morgan fingerprint density at radius 2 is 1.84 bits per heavy atom. The molecule has 0 radical (unpaired) electrons. The second-order valence-electron chi connectivity index (χ2n) is 7.88. The number of anilines is 1. The number of morpholine rings is 1. The molecule has 1 aliphatic heterocycles. The number of sulfone groups is 1. The first kappa shape index (κ1) is 22.7. The van der Waals surface area contributed by atoms with Crippen LogP contribution in [0.3, 0.4) is 0 Å². The van der Waals surface area contributed by atoms with E-state index in [2.05, 4.69) is 10.3 Å². The van der Waals surface area contributed by atoms with Gasteiger partial charge in [0.1, 0.15) is 10.7 Å². The zero-order valence-electron chi connectivity index (χ0n) is 17.7. The van der Waals surface area contributed by atoms with E-state index in [1.807, 2.05) is 11.0 Å². The van der Waals surface area contributed by atoms with Gasteiger partial charge in [0.05, 0.1) is 40.6 Å². The molecule has 2 heterocycles. The first-order valence-electron chi connectivity index (χ1n) is 10.1. The summed E-state index contributed by atoms with van der Waals surface area (Å²) in [6.07, 6.45) is 0. The number of amides is 1. The molecule has 10 heteroatoms. The highest BCUT2D eigenvalue weighted by Crippen LogP contribution is 2.38. The highest BCUT2D eigenvalue weighted by molar-refractivity contribution is 7.92. The van der Waals surface area contributed by atoms with Crippen molar-refractivity contribution in [1.29, 1.82) is 0 Å². The average molecular weight is 480 g/mol. The summed E-state index contributed by atoms with van der Waals surface area (Å²) in [5.41, 5.74) is 1.72. The van der Waals surface area contributed by atoms with E-state index in [0.29, 0.717) is 26.3 Å². The number of nitrogens with zero attached hydrogens (tertiary/aromatic N) is 1. The van der Waals surface area contributed by atoms with Gasteiger partial charge in [0.2, 0.25) is 15.7 Å². The van der Waals surface area contributed by atoms with Crippen LogP contribution in [-0.4, -0.2) is 57.1 Å². The third-order valence-electron chi connectivity index (χ3n) is 5.32. The molecule has 170 valence electrons. The van der Waals surface area contributed by atoms with Crippen molar-refractivity contribution in [2.45, 2.75) is 23.6 Å². The van der Waals surface area contributed by atoms with Gasteiger partial charge in [0.15, 0.2) is 5.82 Å². The molecule has 7 nitrogen and oxygen atoms in total. The minimum Gasteiger partial charge on any atom is -0.379 e. The molecule has 0 aliphatic carbocycles. The number of aromatic amines is 1. The summed E-state index contributed by atoms with van der Waals surface area (Å²) in [6.45, 7) is 5.86. The molecule has 0 bridgehead atoms. The molecule has 1 fully saturated rings. The fourth-order valence-electron chi connectivity index (χ4n) is 3.90. The number of aryl methyl sites for hydroxylation is 2. The Morgan fingerprint density at radius 3 is 2.50 bits per heavy atom. The number of aromatic nitrogens is 1. The van der Waals surface area contributed by atoms with Crippen molar-refractivity contribution in [2.75, 3.05) is 38.2 Å². The number of carbonyl (C=O) groups is 1. The fraction of sp³-hybridized carbons (Fsp3) is 0.318. The van der Waals surface area contributed by atoms with Gasteiger partial charge in [0.25, 0.3) is 0 Å². The Hall–Kier alpha value is -2.46. The molecule has 32 heavy (non-hydrogen) atoms. The summed E-state index contributed by atoms with van der Waals surface area (Å²) in [6, 6.07) is 7.70. The molecule has 4 rings (SSSR count). The highest BCUT2D eigenvalue weighted by atomic mass is 35.5. The van der Waals surface area contributed by atoms with Crippen LogP contribution < -0.4 is 5.32 Å². The number of fused-ring (bicyclic) bond motifs is 1. The van der Waals surface area contributed by atoms with E-state index < -0.39 is 21.6 Å². The SMILES string of the molecule is Cc1cc(C)cc(S(=O)(=O)c2c(NC(=O)CN3CCOCC3)[nH]c3ccc(Cl)c(F)c23)c1. The molecule has 2 aromatic carbocycles. The normalized spacial score (nSPS) is 15.2. The molecule has 1 aromatic heterocycles. The summed E-state index contributed by atoms with van der Waals surface area (Å²) in [5, 5.41) is 2.24. The van der Waals surface area contributed by atoms with Gasteiger partial charge < -0.3 is 15.0 Å². The van der Waals surface area contributed by atoms with Crippen molar-refractivity contribution in [1.82, 2.24) is 9.88 Å². The van der Waals surface area contributed by atoms with Gasteiger partial charge in [-0.15, -0.1) is 0 Å². The van der Waals surface area contributed by atoms with Crippen molar-refractivity contribution < 1.29 is 22.3 Å². The molecule has 0 saturated carbocycles. The van der Waals surface area contributed by atoms with Crippen LogP contribution in [0.25, 0.3) is 10.9 Å². The topological polar surface area (TPSA) is 91.5 Å². The minimum atomic E-state index is -4.19. The highest BCUT2D eigenvalue weighted by Gasteiger charge is 2.30. The van der Waals surface area contributed by atoms with E-state index in [9.17, 15) is 13.2 Å².